The fourth-order valence-corrected chi connectivity index (χ4v) is 1.61. The first-order valence-corrected chi connectivity index (χ1v) is 6.29. The summed E-state index contributed by atoms with van der Waals surface area (Å²) in [6.07, 6.45) is 3.14. The zero-order valence-electron chi connectivity index (χ0n) is 12.7. The Balaban J connectivity index is 5.15. The molecule has 0 aromatic carbocycles. The van der Waals surface area contributed by atoms with Crippen molar-refractivity contribution in [1.29, 1.82) is 0 Å². The smallest absolute Gasteiger partial charge is 0.324 e. The predicted molar refractivity (Wildman–Crippen MR) is 74.9 cm³/mol. The van der Waals surface area contributed by atoms with Gasteiger partial charge in [0.15, 0.2) is 5.41 Å². The molecular weight excluding hydrogens is 276 g/mol. The van der Waals surface area contributed by atoms with Crippen molar-refractivity contribution < 1.29 is 28.6 Å². The van der Waals surface area contributed by atoms with Gasteiger partial charge >= 0.3 is 17.9 Å². The summed E-state index contributed by atoms with van der Waals surface area (Å²) in [7, 11) is 2.39. The minimum atomic E-state index is -1.51. The topological polar surface area (TPSA) is 78.9 Å². The van der Waals surface area contributed by atoms with Gasteiger partial charge in [-0.05, 0) is 13.3 Å². The molecule has 0 aliphatic heterocycles. The maximum Gasteiger partial charge on any atom is 0.324 e. The fourth-order valence-electron chi connectivity index (χ4n) is 1.61. The Morgan fingerprint density at radius 2 is 1.67 bits per heavy atom. The summed E-state index contributed by atoms with van der Waals surface area (Å²) in [5.41, 5.74) is -1.51. The molecule has 0 aromatic rings. The van der Waals surface area contributed by atoms with Gasteiger partial charge in [-0.1, -0.05) is 12.2 Å². The van der Waals surface area contributed by atoms with Crippen LogP contribution >= 0.6 is 0 Å². The molecule has 0 aromatic heterocycles. The van der Waals surface area contributed by atoms with E-state index in [1.807, 2.05) is 0 Å². The number of carbonyl (C=O) groups excluding carboxylic acids is 3. The number of allylic oxidation sites excluding steroid dienone is 1. The third-order valence-electron chi connectivity index (χ3n) is 2.74. The minimum Gasteiger partial charge on any atom is -0.468 e. The van der Waals surface area contributed by atoms with Crippen molar-refractivity contribution in [3.05, 3.63) is 12.2 Å². The van der Waals surface area contributed by atoms with E-state index in [4.69, 9.17) is 14.2 Å². The molecule has 0 rings (SSSR count). The first kappa shape index (κ1) is 18.7. The molecule has 0 bridgehead atoms. The first-order chi connectivity index (χ1) is 9.94. The maximum absolute atomic E-state index is 12.0. The molecule has 0 unspecified atom stereocenters. The van der Waals surface area contributed by atoms with Gasteiger partial charge < -0.3 is 14.2 Å². The molecule has 0 radical (unpaired) electrons. The molecule has 0 N–H and O–H groups in total. The van der Waals surface area contributed by atoms with Gasteiger partial charge in [0, 0.05) is 13.3 Å². The van der Waals surface area contributed by atoms with Crippen LogP contribution in [0.25, 0.3) is 0 Å². The number of methoxy groups -OCH3 is 2. The summed E-state index contributed by atoms with van der Waals surface area (Å²) in [6.45, 7) is 2.96. The summed E-state index contributed by atoms with van der Waals surface area (Å²) in [5.74, 6) is 3.51. The Morgan fingerprint density at radius 1 is 1.10 bits per heavy atom. The Hall–Kier alpha value is -2.29. The van der Waals surface area contributed by atoms with E-state index in [1.54, 1.807) is 19.1 Å². The van der Waals surface area contributed by atoms with E-state index in [0.29, 0.717) is 0 Å². The van der Waals surface area contributed by atoms with Gasteiger partial charge in [0.25, 0.3) is 0 Å². The van der Waals surface area contributed by atoms with Crippen molar-refractivity contribution in [3.8, 4) is 11.8 Å². The molecule has 6 nitrogen and oxygen atoms in total. The largest absolute Gasteiger partial charge is 0.468 e. The van der Waals surface area contributed by atoms with Crippen molar-refractivity contribution in [2.75, 3.05) is 20.8 Å². The highest BCUT2D eigenvalue weighted by molar-refractivity contribution is 6.00. The van der Waals surface area contributed by atoms with Gasteiger partial charge in [-0.2, -0.15) is 0 Å². The molecule has 0 aliphatic rings. The standard InChI is InChI=1S/C15H20O6/c1-5-6-9-15(13(17)19-3,14(18)20-4)10-7-8-11-21-12(2)16/h7-8H,9-11H2,1-4H3/b8-7-. The van der Waals surface area contributed by atoms with Crippen molar-refractivity contribution in [2.45, 2.75) is 26.7 Å². The van der Waals surface area contributed by atoms with Crippen LogP contribution in [0.2, 0.25) is 0 Å². The molecule has 0 fully saturated rings. The number of carbonyl (C=O) groups is 3. The Labute approximate surface area is 124 Å². The molecule has 0 spiro atoms. The zero-order chi connectivity index (χ0) is 16.3. The summed E-state index contributed by atoms with van der Waals surface area (Å²) in [5, 5.41) is 0. The molecule has 6 heteroatoms. The van der Waals surface area contributed by atoms with Crippen molar-refractivity contribution in [3.63, 3.8) is 0 Å². The van der Waals surface area contributed by atoms with Crippen LogP contribution in [0, 0.1) is 17.3 Å². The highest BCUT2D eigenvalue weighted by Crippen LogP contribution is 2.30. The molecular formula is C15H20O6. The normalized spacial score (nSPS) is 10.5. The minimum absolute atomic E-state index is 0.0131. The summed E-state index contributed by atoms with van der Waals surface area (Å²) < 4.78 is 14.1. The number of esters is 3. The number of hydrogen-bond donors (Lipinski definition) is 0. The lowest BCUT2D eigenvalue weighted by Gasteiger charge is -2.24. The van der Waals surface area contributed by atoms with Crippen LogP contribution < -0.4 is 0 Å². The average molecular weight is 296 g/mol. The molecule has 0 aliphatic carbocycles. The molecule has 21 heavy (non-hydrogen) atoms. The second kappa shape index (κ2) is 9.59. The SMILES string of the molecule is CC#CCC(C/C=C\COC(C)=O)(C(=O)OC)C(=O)OC. The van der Waals surface area contributed by atoms with Gasteiger partial charge in [-0.15, -0.1) is 11.8 Å². The zero-order valence-corrected chi connectivity index (χ0v) is 12.7. The Morgan fingerprint density at radius 3 is 2.10 bits per heavy atom. The van der Waals surface area contributed by atoms with E-state index in [2.05, 4.69) is 11.8 Å². The van der Waals surface area contributed by atoms with E-state index in [-0.39, 0.29) is 19.4 Å². The lowest BCUT2D eigenvalue weighted by atomic mass is 9.81. The lowest BCUT2D eigenvalue weighted by Crippen LogP contribution is -2.40. The van der Waals surface area contributed by atoms with Crippen molar-refractivity contribution in [2.24, 2.45) is 5.41 Å². The summed E-state index contributed by atoms with van der Waals surface area (Å²) >= 11 is 0. The molecule has 0 saturated carbocycles. The monoisotopic (exact) mass is 296 g/mol. The second-order valence-corrected chi connectivity index (χ2v) is 4.15. The Bertz CT molecular complexity index is 450. The Kier molecular flexibility index (Phi) is 8.54. The lowest BCUT2D eigenvalue weighted by molar-refractivity contribution is -0.168. The van der Waals surface area contributed by atoms with E-state index >= 15 is 0 Å². The van der Waals surface area contributed by atoms with Gasteiger partial charge in [0.2, 0.25) is 0 Å². The van der Waals surface area contributed by atoms with Crippen LogP contribution in [0.4, 0.5) is 0 Å². The number of rotatable bonds is 7. The fraction of sp³-hybridized carbons (Fsp3) is 0.533. The molecule has 0 saturated heterocycles. The van der Waals surface area contributed by atoms with E-state index in [1.165, 1.54) is 21.1 Å². The van der Waals surface area contributed by atoms with Crippen molar-refractivity contribution in [1.82, 2.24) is 0 Å². The summed E-state index contributed by atoms with van der Waals surface area (Å²) in [4.78, 5) is 34.6. The first-order valence-electron chi connectivity index (χ1n) is 6.29. The van der Waals surface area contributed by atoms with E-state index < -0.39 is 23.3 Å². The third kappa shape index (κ3) is 5.69. The molecule has 0 heterocycles. The number of hydrogen-bond acceptors (Lipinski definition) is 6. The predicted octanol–water partition coefficient (Wildman–Crippen LogP) is 1.24. The molecule has 0 amide bonds. The van der Waals surface area contributed by atoms with E-state index in [0.717, 1.165) is 0 Å². The quantitative estimate of drug-likeness (QED) is 0.231. The highest BCUT2D eigenvalue weighted by atomic mass is 16.5. The second-order valence-electron chi connectivity index (χ2n) is 4.15. The number of ether oxygens (including phenoxy) is 3. The van der Waals surface area contributed by atoms with Gasteiger partial charge in [0.05, 0.1) is 14.2 Å². The van der Waals surface area contributed by atoms with Gasteiger partial charge in [-0.25, -0.2) is 0 Å². The van der Waals surface area contributed by atoms with Crippen molar-refractivity contribution >= 4 is 17.9 Å². The van der Waals surface area contributed by atoms with Gasteiger partial charge in [-0.3, -0.25) is 14.4 Å². The van der Waals surface area contributed by atoms with E-state index in [9.17, 15) is 14.4 Å². The van der Waals surface area contributed by atoms with Crippen LogP contribution in [-0.2, 0) is 28.6 Å². The van der Waals surface area contributed by atoms with Crippen LogP contribution in [0.15, 0.2) is 12.2 Å². The summed E-state index contributed by atoms with van der Waals surface area (Å²) in [6, 6.07) is 0. The molecule has 0 atom stereocenters. The molecule has 116 valence electrons. The highest BCUT2D eigenvalue weighted by Gasteiger charge is 2.47. The van der Waals surface area contributed by atoms with Crippen LogP contribution in [0.5, 0.6) is 0 Å². The van der Waals surface area contributed by atoms with Crippen LogP contribution in [-0.4, -0.2) is 38.7 Å². The van der Waals surface area contributed by atoms with Crippen LogP contribution in [0.3, 0.4) is 0 Å². The third-order valence-corrected chi connectivity index (χ3v) is 2.74. The maximum atomic E-state index is 12.0. The van der Waals surface area contributed by atoms with Crippen LogP contribution in [0.1, 0.15) is 26.7 Å². The van der Waals surface area contributed by atoms with Gasteiger partial charge in [0.1, 0.15) is 6.61 Å². The average Bonchev–Trinajstić information content (AvgIpc) is 2.48.